The highest BCUT2D eigenvalue weighted by Crippen LogP contribution is 2.21. The second kappa shape index (κ2) is 2.69. The summed E-state index contributed by atoms with van der Waals surface area (Å²) in [6.07, 6.45) is 1.08. The van der Waals surface area contributed by atoms with Crippen molar-refractivity contribution in [3.8, 4) is 0 Å². The summed E-state index contributed by atoms with van der Waals surface area (Å²) >= 11 is 0. The molecule has 0 saturated heterocycles. The third kappa shape index (κ3) is 1.33. The number of fused-ring (bicyclic) bond motifs is 1. The van der Waals surface area contributed by atoms with E-state index in [1.165, 1.54) is 0 Å². The average molecular weight is 126 g/mol. The summed E-state index contributed by atoms with van der Waals surface area (Å²) < 4.78 is 9.22. The van der Waals surface area contributed by atoms with E-state index in [1.54, 1.807) is 14.2 Å². The van der Waals surface area contributed by atoms with Crippen molar-refractivity contribution in [3.05, 3.63) is 23.7 Å². The topological polar surface area (TPSA) is 22.4 Å². The first kappa shape index (κ1) is 6.36. The van der Waals surface area contributed by atoms with Crippen LogP contribution >= 0.6 is 0 Å². The molecule has 0 amide bonds. The molecule has 2 bridgehead atoms. The Hall–Kier alpha value is -0.760. The highest BCUT2D eigenvalue weighted by molar-refractivity contribution is 5.21. The minimum Gasteiger partial charge on any atom is -0.465 e. The molecule has 0 atom stereocenters. The zero-order valence-corrected chi connectivity index (χ0v) is 5.68. The molecule has 9 heavy (non-hydrogen) atoms. The molecule has 1 aromatic heterocycles. The number of hydrogen-bond donors (Lipinski definition) is 0. The van der Waals surface area contributed by atoms with Gasteiger partial charge in [-0.05, 0) is 12.1 Å². The SMILES string of the molecule is COC.c1cc2oc1C2. The largest absolute Gasteiger partial charge is 0.465 e. The Labute approximate surface area is 54.4 Å². The van der Waals surface area contributed by atoms with Crippen LogP contribution in [0, 0.1) is 0 Å². The van der Waals surface area contributed by atoms with Gasteiger partial charge in [0.2, 0.25) is 0 Å². The van der Waals surface area contributed by atoms with Crippen LogP contribution in [0.5, 0.6) is 0 Å². The Bertz CT molecular complexity index is 155. The number of furan rings is 1. The molecule has 2 heteroatoms. The summed E-state index contributed by atoms with van der Waals surface area (Å²) in [6.45, 7) is 0. The van der Waals surface area contributed by atoms with Crippen molar-refractivity contribution in [1.82, 2.24) is 0 Å². The Kier molecular flexibility index (Phi) is 1.90. The van der Waals surface area contributed by atoms with E-state index in [0.29, 0.717) is 0 Å². The highest BCUT2D eigenvalue weighted by Gasteiger charge is 2.11. The Morgan fingerprint density at radius 3 is 1.78 bits per heavy atom. The molecule has 2 heterocycles. The zero-order valence-electron chi connectivity index (χ0n) is 5.68. The van der Waals surface area contributed by atoms with Gasteiger partial charge in [-0.2, -0.15) is 0 Å². The first-order chi connectivity index (χ1) is 4.36. The molecule has 1 aromatic rings. The highest BCUT2D eigenvalue weighted by atomic mass is 16.4. The molecule has 50 valence electrons. The van der Waals surface area contributed by atoms with Gasteiger partial charge in [0.25, 0.3) is 0 Å². The van der Waals surface area contributed by atoms with Crippen LogP contribution in [-0.2, 0) is 11.2 Å². The second-order valence-corrected chi connectivity index (χ2v) is 1.95. The predicted molar refractivity (Wildman–Crippen MR) is 34.4 cm³/mol. The van der Waals surface area contributed by atoms with Crippen LogP contribution in [0.2, 0.25) is 0 Å². The average Bonchev–Trinajstić information content (AvgIpc) is 2.17. The maximum atomic E-state index is 4.97. The molecule has 0 fully saturated rings. The van der Waals surface area contributed by atoms with Crippen LogP contribution in [0.3, 0.4) is 0 Å². The van der Waals surface area contributed by atoms with E-state index in [4.69, 9.17) is 4.42 Å². The summed E-state index contributed by atoms with van der Waals surface area (Å²) in [5.41, 5.74) is 0. The maximum absolute atomic E-state index is 4.97. The normalized spacial score (nSPS) is 11.3. The van der Waals surface area contributed by atoms with Crippen molar-refractivity contribution in [2.24, 2.45) is 0 Å². The lowest BCUT2D eigenvalue weighted by atomic mass is 10.3. The van der Waals surface area contributed by atoms with Crippen LogP contribution in [-0.4, -0.2) is 14.2 Å². The van der Waals surface area contributed by atoms with Gasteiger partial charge in [0.15, 0.2) is 0 Å². The molecule has 2 aliphatic rings. The maximum Gasteiger partial charge on any atom is 0.111 e. The lowest BCUT2D eigenvalue weighted by molar-refractivity contribution is 0.277. The molecule has 1 aliphatic heterocycles. The van der Waals surface area contributed by atoms with Gasteiger partial charge in [-0.15, -0.1) is 0 Å². The van der Waals surface area contributed by atoms with Gasteiger partial charge in [0.05, 0.1) is 6.42 Å². The molecule has 0 N–H and O–H groups in total. The fourth-order valence-electron chi connectivity index (χ4n) is 0.704. The van der Waals surface area contributed by atoms with Gasteiger partial charge in [0.1, 0.15) is 11.5 Å². The predicted octanol–water partition coefficient (Wildman–Crippen LogP) is 1.45. The van der Waals surface area contributed by atoms with Crippen molar-refractivity contribution >= 4 is 0 Å². The van der Waals surface area contributed by atoms with Crippen LogP contribution in [0.1, 0.15) is 11.5 Å². The van der Waals surface area contributed by atoms with Crippen molar-refractivity contribution in [2.75, 3.05) is 14.2 Å². The Morgan fingerprint density at radius 2 is 1.67 bits per heavy atom. The van der Waals surface area contributed by atoms with Gasteiger partial charge < -0.3 is 9.15 Å². The van der Waals surface area contributed by atoms with Crippen molar-refractivity contribution in [2.45, 2.75) is 6.42 Å². The van der Waals surface area contributed by atoms with E-state index in [2.05, 4.69) is 4.74 Å². The molecular weight excluding hydrogens is 116 g/mol. The fourth-order valence-corrected chi connectivity index (χ4v) is 0.704. The molecule has 0 spiro atoms. The zero-order chi connectivity index (χ0) is 6.69. The summed E-state index contributed by atoms with van der Waals surface area (Å²) in [6, 6.07) is 4.02. The Morgan fingerprint density at radius 1 is 1.33 bits per heavy atom. The van der Waals surface area contributed by atoms with Crippen LogP contribution < -0.4 is 0 Å². The number of ether oxygens (including phenoxy) is 1. The third-order valence-electron chi connectivity index (χ3n) is 1.07. The van der Waals surface area contributed by atoms with E-state index >= 15 is 0 Å². The fraction of sp³-hybridized carbons (Fsp3) is 0.429. The Balaban J connectivity index is 0.000000120. The third-order valence-corrected chi connectivity index (χ3v) is 1.07. The van der Waals surface area contributed by atoms with Gasteiger partial charge in [-0.1, -0.05) is 0 Å². The summed E-state index contributed by atoms with van der Waals surface area (Å²) in [5, 5.41) is 0. The van der Waals surface area contributed by atoms with Crippen molar-refractivity contribution in [3.63, 3.8) is 0 Å². The van der Waals surface area contributed by atoms with Crippen LogP contribution in [0.25, 0.3) is 0 Å². The second-order valence-electron chi connectivity index (χ2n) is 1.95. The molecule has 0 aromatic carbocycles. The first-order valence-corrected chi connectivity index (χ1v) is 2.84. The van der Waals surface area contributed by atoms with Gasteiger partial charge in [0, 0.05) is 14.2 Å². The molecule has 0 radical (unpaired) electrons. The summed E-state index contributed by atoms with van der Waals surface area (Å²) in [4.78, 5) is 0. The quantitative estimate of drug-likeness (QED) is 0.533. The molecular formula is C7H10O2. The van der Waals surface area contributed by atoms with E-state index in [-0.39, 0.29) is 0 Å². The molecule has 2 nitrogen and oxygen atoms in total. The number of rotatable bonds is 0. The van der Waals surface area contributed by atoms with E-state index in [1.807, 2.05) is 12.1 Å². The lowest BCUT2D eigenvalue weighted by Gasteiger charge is -1.98. The molecule has 0 saturated carbocycles. The molecule has 3 rings (SSSR count). The van der Waals surface area contributed by atoms with Crippen LogP contribution in [0.4, 0.5) is 0 Å². The molecule has 0 unspecified atom stereocenters. The van der Waals surface area contributed by atoms with E-state index in [9.17, 15) is 0 Å². The van der Waals surface area contributed by atoms with Crippen molar-refractivity contribution < 1.29 is 9.15 Å². The summed E-state index contributed by atoms with van der Waals surface area (Å²) in [7, 11) is 3.25. The van der Waals surface area contributed by atoms with Gasteiger partial charge >= 0.3 is 0 Å². The van der Waals surface area contributed by atoms with Crippen molar-refractivity contribution in [1.29, 1.82) is 0 Å². The minimum atomic E-state index is 1.08. The first-order valence-electron chi connectivity index (χ1n) is 2.84. The molecule has 1 aliphatic carbocycles. The number of hydrogen-bond acceptors (Lipinski definition) is 2. The standard InChI is InChI=1S/C5H4O.C2H6O/c1-2-5-3-4(1)6-5;1-3-2/h1-2H,3H2;1-2H3. The minimum absolute atomic E-state index is 1.08. The van der Waals surface area contributed by atoms with E-state index in [0.717, 1.165) is 17.9 Å². The monoisotopic (exact) mass is 126 g/mol. The smallest absolute Gasteiger partial charge is 0.111 e. The van der Waals surface area contributed by atoms with E-state index < -0.39 is 0 Å². The summed E-state index contributed by atoms with van der Waals surface area (Å²) in [5.74, 6) is 2.26. The van der Waals surface area contributed by atoms with Gasteiger partial charge in [-0.25, -0.2) is 0 Å². The number of methoxy groups -OCH3 is 1. The van der Waals surface area contributed by atoms with Gasteiger partial charge in [-0.3, -0.25) is 0 Å². The van der Waals surface area contributed by atoms with Crippen LogP contribution in [0.15, 0.2) is 16.5 Å². The lowest BCUT2D eigenvalue weighted by Crippen LogP contribution is -1.86.